The number of benzene rings is 2. The molecule has 4 rings (SSSR count). The molecule has 0 saturated carbocycles. The standard InChI is InChI=1S/C23H20N2O4S/c1-14-13-30-23-24-21(15(2)22(27)25(14)23)29-12-16-4-6-17(7-5-16)20(26)18-8-10-19(28-3)11-9-18/h4-11,13H,12H2,1-3H3. The van der Waals surface area contributed by atoms with Crippen molar-refractivity contribution in [2.24, 2.45) is 0 Å². The van der Waals surface area contributed by atoms with Gasteiger partial charge in [0.15, 0.2) is 10.7 Å². The van der Waals surface area contributed by atoms with Crippen molar-refractivity contribution in [1.82, 2.24) is 9.38 Å². The first kappa shape index (κ1) is 19.8. The summed E-state index contributed by atoms with van der Waals surface area (Å²) in [5.74, 6) is 0.980. The van der Waals surface area contributed by atoms with E-state index in [1.165, 1.54) is 11.3 Å². The van der Waals surface area contributed by atoms with E-state index in [0.717, 1.165) is 11.3 Å². The Hall–Kier alpha value is -3.45. The van der Waals surface area contributed by atoms with E-state index < -0.39 is 0 Å². The quantitative estimate of drug-likeness (QED) is 0.438. The van der Waals surface area contributed by atoms with E-state index in [9.17, 15) is 9.59 Å². The Morgan fingerprint density at radius 1 is 1.03 bits per heavy atom. The van der Waals surface area contributed by atoms with Crippen LogP contribution >= 0.6 is 11.3 Å². The number of nitrogens with zero attached hydrogens (tertiary/aromatic N) is 2. The predicted octanol–water partition coefficient (Wildman–Crippen LogP) is 4.19. The predicted molar refractivity (Wildman–Crippen MR) is 116 cm³/mol. The van der Waals surface area contributed by atoms with Crippen molar-refractivity contribution in [2.75, 3.05) is 7.11 Å². The van der Waals surface area contributed by atoms with Gasteiger partial charge >= 0.3 is 0 Å². The molecule has 0 aliphatic heterocycles. The second-order valence-electron chi connectivity index (χ2n) is 6.89. The van der Waals surface area contributed by atoms with Crippen LogP contribution < -0.4 is 15.0 Å². The van der Waals surface area contributed by atoms with Gasteiger partial charge in [0.25, 0.3) is 5.56 Å². The van der Waals surface area contributed by atoms with Crippen LogP contribution in [0.3, 0.4) is 0 Å². The van der Waals surface area contributed by atoms with E-state index >= 15 is 0 Å². The average Bonchev–Trinajstić information content (AvgIpc) is 3.15. The van der Waals surface area contributed by atoms with Gasteiger partial charge in [0.2, 0.25) is 5.88 Å². The number of methoxy groups -OCH3 is 1. The number of ketones is 1. The first-order valence-corrected chi connectivity index (χ1v) is 10.2. The van der Waals surface area contributed by atoms with Crippen LogP contribution in [0.5, 0.6) is 11.6 Å². The zero-order chi connectivity index (χ0) is 21.3. The Balaban J connectivity index is 1.49. The highest BCUT2D eigenvalue weighted by Crippen LogP contribution is 2.20. The van der Waals surface area contributed by atoms with Crippen LogP contribution in [0, 0.1) is 13.8 Å². The van der Waals surface area contributed by atoms with Crippen LogP contribution in [0.1, 0.15) is 32.7 Å². The van der Waals surface area contributed by atoms with Crippen LogP contribution in [-0.2, 0) is 6.61 Å². The van der Waals surface area contributed by atoms with Crippen LogP contribution in [0.15, 0.2) is 58.7 Å². The molecule has 2 heterocycles. The van der Waals surface area contributed by atoms with Crippen molar-refractivity contribution < 1.29 is 14.3 Å². The number of hydrogen-bond acceptors (Lipinski definition) is 6. The van der Waals surface area contributed by atoms with Gasteiger partial charge in [-0.05, 0) is 43.7 Å². The highest BCUT2D eigenvalue weighted by molar-refractivity contribution is 7.15. The summed E-state index contributed by atoms with van der Waals surface area (Å²) in [5.41, 5.74) is 3.28. The fourth-order valence-corrected chi connectivity index (χ4v) is 3.95. The van der Waals surface area contributed by atoms with E-state index in [0.29, 0.717) is 33.3 Å². The van der Waals surface area contributed by atoms with Gasteiger partial charge < -0.3 is 9.47 Å². The molecule has 0 radical (unpaired) electrons. The molecule has 0 N–H and O–H groups in total. The second kappa shape index (κ2) is 8.12. The fraction of sp³-hybridized carbons (Fsp3) is 0.174. The maximum absolute atomic E-state index is 12.6. The van der Waals surface area contributed by atoms with E-state index in [1.54, 1.807) is 54.8 Å². The number of carbonyl (C=O) groups excluding carboxylic acids is 1. The number of hydrogen-bond donors (Lipinski definition) is 0. The smallest absolute Gasteiger partial charge is 0.265 e. The van der Waals surface area contributed by atoms with Gasteiger partial charge in [0, 0.05) is 22.2 Å². The van der Waals surface area contributed by atoms with E-state index in [4.69, 9.17) is 9.47 Å². The van der Waals surface area contributed by atoms with Crippen LogP contribution in [0.4, 0.5) is 0 Å². The third-order valence-corrected chi connectivity index (χ3v) is 5.81. The highest BCUT2D eigenvalue weighted by atomic mass is 32.1. The monoisotopic (exact) mass is 420 g/mol. The van der Waals surface area contributed by atoms with Crippen molar-refractivity contribution in [1.29, 1.82) is 0 Å². The maximum atomic E-state index is 12.6. The Labute approximate surface area is 177 Å². The molecule has 0 atom stereocenters. The van der Waals surface area contributed by atoms with Crippen molar-refractivity contribution >= 4 is 22.1 Å². The van der Waals surface area contributed by atoms with Gasteiger partial charge in [-0.15, -0.1) is 11.3 Å². The van der Waals surface area contributed by atoms with Crippen LogP contribution in [0.25, 0.3) is 4.96 Å². The molecule has 0 saturated heterocycles. The van der Waals surface area contributed by atoms with Gasteiger partial charge in [-0.3, -0.25) is 14.0 Å². The van der Waals surface area contributed by atoms with Gasteiger partial charge in [0.05, 0.1) is 12.7 Å². The van der Waals surface area contributed by atoms with Gasteiger partial charge in [-0.2, -0.15) is 4.98 Å². The number of carbonyl (C=O) groups is 1. The van der Waals surface area contributed by atoms with Crippen LogP contribution in [-0.4, -0.2) is 22.3 Å². The molecule has 0 fully saturated rings. The summed E-state index contributed by atoms with van der Waals surface area (Å²) in [7, 11) is 1.59. The lowest BCUT2D eigenvalue weighted by Crippen LogP contribution is -2.19. The minimum absolute atomic E-state index is 0.0610. The summed E-state index contributed by atoms with van der Waals surface area (Å²) in [6.45, 7) is 3.84. The molecule has 0 bridgehead atoms. The minimum atomic E-state index is -0.116. The Morgan fingerprint density at radius 2 is 1.67 bits per heavy atom. The van der Waals surface area contributed by atoms with Crippen molar-refractivity contribution in [3.05, 3.63) is 92.2 Å². The van der Waals surface area contributed by atoms with E-state index in [1.807, 2.05) is 24.4 Å². The molecule has 2 aromatic carbocycles. The number of fused-ring (bicyclic) bond motifs is 1. The molecule has 0 aliphatic carbocycles. The molecule has 0 spiro atoms. The lowest BCUT2D eigenvalue weighted by molar-refractivity contribution is 0.103. The number of rotatable bonds is 6. The topological polar surface area (TPSA) is 69.9 Å². The fourth-order valence-electron chi connectivity index (χ4n) is 3.10. The molecule has 0 aliphatic rings. The number of thiazole rings is 1. The number of ether oxygens (including phenoxy) is 2. The normalized spacial score (nSPS) is 10.9. The molecule has 0 amide bonds. The summed E-state index contributed by atoms with van der Waals surface area (Å²) >= 11 is 1.40. The minimum Gasteiger partial charge on any atom is -0.497 e. The zero-order valence-corrected chi connectivity index (χ0v) is 17.7. The lowest BCUT2D eigenvalue weighted by Gasteiger charge is -2.09. The summed E-state index contributed by atoms with van der Waals surface area (Å²) in [6.07, 6.45) is 0. The van der Waals surface area contributed by atoms with Crippen molar-refractivity contribution in [2.45, 2.75) is 20.5 Å². The molecule has 0 unspecified atom stereocenters. The molecule has 7 heteroatoms. The van der Waals surface area contributed by atoms with Gasteiger partial charge in [-0.25, -0.2) is 0 Å². The summed E-state index contributed by atoms with van der Waals surface area (Å²) in [4.78, 5) is 30.2. The largest absolute Gasteiger partial charge is 0.497 e. The Bertz CT molecular complexity index is 1270. The SMILES string of the molecule is COc1ccc(C(=O)c2ccc(COc3nc4scc(C)n4c(=O)c3C)cc2)cc1. The average molecular weight is 420 g/mol. The maximum Gasteiger partial charge on any atom is 0.265 e. The summed E-state index contributed by atoms with van der Waals surface area (Å²) in [5, 5.41) is 1.89. The van der Waals surface area contributed by atoms with Crippen molar-refractivity contribution in [3.8, 4) is 11.6 Å². The molecular weight excluding hydrogens is 400 g/mol. The zero-order valence-electron chi connectivity index (χ0n) is 16.8. The molecule has 2 aromatic heterocycles. The Morgan fingerprint density at radius 3 is 2.30 bits per heavy atom. The van der Waals surface area contributed by atoms with E-state index in [2.05, 4.69) is 4.98 Å². The molecule has 6 nitrogen and oxygen atoms in total. The number of aryl methyl sites for hydroxylation is 1. The van der Waals surface area contributed by atoms with Crippen molar-refractivity contribution in [3.63, 3.8) is 0 Å². The summed E-state index contributed by atoms with van der Waals surface area (Å²) in [6, 6.07) is 14.2. The molecular formula is C23H20N2O4S. The second-order valence-corrected chi connectivity index (χ2v) is 7.72. The summed E-state index contributed by atoms with van der Waals surface area (Å²) < 4.78 is 12.5. The first-order valence-electron chi connectivity index (χ1n) is 9.36. The Kier molecular flexibility index (Phi) is 5.37. The highest BCUT2D eigenvalue weighted by Gasteiger charge is 2.13. The van der Waals surface area contributed by atoms with E-state index in [-0.39, 0.29) is 17.9 Å². The van der Waals surface area contributed by atoms with Gasteiger partial charge in [-0.1, -0.05) is 24.3 Å². The third-order valence-electron chi connectivity index (χ3n) is 4.86. The number of aromatic nitrogens is 2. The molecule has 30 heavy (non-hydrogen) atoms. The lowest BCUT2D eigenvalue weighted by atomic mass is 10.0. The third kappa shape index (κ3) is 3.71. The van der Waals surface area contributed by atoms with Gasteiger partial charge in [0.1, 0.15) is 12.4 Å². The molecule has 152 valence electrons. The van der Waals surface area contributed by atoms with Crippen LogP contribution in [0.2, 0.25) is 0 Å². The first-order chi connectivity index (χ1) is 14.5. The molecule has 4 aromatic rings.